The maximum absolute atomic E-state index is 12.9. The summed E-state index contributed by atoms with van der Waals surface area (Å²) in [6.07, 6.45) is 4.69. The Morgan fingerprint density at radius 3 is 2.82 bits per heavy atom. The van der Waals surface area contributed by atoms with Crippen LogP contribution in [0.5, 0.6) is 0 Å². The van der Waals surface area contributed by atoms with E-state index in [1.807, 2.05) is 32.9 Å². The van der Waals surface area contributed by atoms with Crippen LogP contribution in [0.15, 0.2) is 30.6 Å². The van der Waals surface area contributed by atoms with Crippen molar-refractivity contribution in [1.82, 2.24) is 20.2 Å². The van der Waals surface area contributed by atoms with Crippen molar-refractivity contribution in [2.75, 3.05) is 18.4 Å². The Hall–Kier alpha value is -3.49. The standard InChI is InChI=1S/C24H27N5O4/c1-23(2,3)33-22(32)29-8-6-16(13-29)27-20(30)18-9-14-10-24(11-15(14)12-26-18)17-5-4-7-25-19(17)28-21(24)31/h4-5,7,9,12,16H,6,8,10-11,13H2,1-3H3,(H,27,30)(H,25,28,31). The molecule has 2 atom stereocenters. The van der Waals surface area contributed by atoms with E-state index in [1.165, 1.54) is 0 Å². The molecule has 0 saturated carbocycles. The van der Waals surface area contributed by atoms with Gasteiger partial charge in [-0.1, -0.05) is 6.07 Å². The first-order valence-electron chi connectivity index (χ1n) is 11.2. The molecule has 33 heavy (non-hydrogen) atoms. The second-order valence-corrected chi connectivity index (χ2v) is 10.0. The van der Waals surface area contributed by atoms with Crippen molar-refractivity contribution in [2.45, 2.75) is 57.1 Å². The zero-order valence-corrected chi connectivity index (χ0v) is 19.0. The Balaban J connectivity index is 1.26. The molecule has 3 aliphatic rings. The van der Waals surface area contributed by atoms with Gasteiger partial charge in [0.25, 0.3) is 5.91 Å². The number of aromatic nitrogens is 2. The van der Waals surface area contributed by atoms with Gasteiger partial charge in [-0.15, -0.1) is 0 Å². The van der Waals surface area contributed by atoms with Gasteiger partial charge in [-0.3, -0.25) is 14.6 Å². The second-order valence-electron chi connectivity index (χ2n) is 10.0. The second kappa shape index (κ2) is 7.54. The number of pyridine rings is 2. The van der Waals surface area contributed by atoms with E-state index >= 15 is 0 Å². The molecule has 0 radical (unpaired) electrons. The zero-order chi connectivity index (χ0) is 23.4. The molecule has 172 valence electrons. The predicted molar refractivity (Wildman–Crippen MR) is 120 cm³/mol. The van der Waals surface area contributed by atoms with Crippen LogP contribution >= 0.6 is 0 Å². The number of likely N-dealkylation sites (tertiary alicyclic amines) is 1. The summed E-state index contributed by atoms with van der Waals surface area (Å²) < 4.78 is 5.41. The van der Waals surface area contributed by atoms with Gasteiger partial charge in [-0.2, -0.15) is 0 Å². The van der Waals surface area contributed by atoms with E-state index in [1.54, 1.807) is 23.4 Å². The van der Waals surface area contributed by atoms with Crippen LogP contribution in [0.25, 0.3) is 0 Å². The molecule has 2 aromatic rings. The van der Waals surface area contributed by atoms with Crippen LogP contribution in [0.1, 0.15) is 54.4 Å². The van der Waals surface area contributed by atoms with Crippen molar-refractivity contribution in [3.63, 3.8) is 0 Å². The minimum atomic E-state index is -0.692. The fourth-order valence-electron chi connectivity index (χ4n) is 4.91. The van der Waals surface area contributed by atoms with Gasteiger partial charge >= 0.3 is 6.09 Å². The number of carbonyl (C=O) groups is 3. The Morgan fingerprint density at radius 2 is 2.03 bits per heavy atom. The summed E-state index contributed by atoms with van der Waals surface area (Å²) in [5.74, 6) is 0.260. The van der Waals surface area contributed by atoms with Gasteiger partial charge in [0, 0.05) is 37.1 Å². The van der Waals surface area contributed by atoms with Gasteiger partial charge in [-0.05, 0) is 63.3 Å². The number of rotatable bonds is 2. The van der Waals surface area contributed by atoms with E-state index in [9.17, 15) is 14.4 Å². The van der Waals surface area contributed by atoms with Gasteiger partial charge in [0.1, 0.15) is 17.1 Å². The number of carbonyl (C=O) groups excluding carboxylic acids is 3. The van der Waals surface area contributed by atoms with Crippen molar-refractivity contribution in [1.29, 1.82) is 0 Å². The largest absolute Gasteiger partial charge is 0.444 e. The molecule has 2 N–H and O–H groups in total. The van der Waals surface area contributed by atoms with Gasteiger partial charge in [0.05, 0.1) is 5.41 Å². The third-order valence-electron chi connectivity index (χ3n) is 6.46. The summed E-state index contributed by atoms with van der Waals surface area (Å²) in [5.41, 5.74) is 1.87. The summed E-state index contributed by atoms with van der Waals surface area (Å²) in [7, 11) is 0. The van der Waals surface area contributed by atoms with E-state index in [4.69, 9.17) is 4.74 Å². The molecule has 1 aliphatic carbocycles. The van der Waals surface area contributed by atoms with Crippen LogP contribution in [0.3, 0.4) is 0 Å². The third kappa shape index (κ3) is 3.81. The summed E-state index contributed by atoms with van der Waals surface area (Å²) in [6.45, 7) is 6.41. The normalized spacial score (nSPS) is 23.3. The molecule has 0 bridgehead atoms. The van der Waals surface area contributed by atoms with E-state index in [2.05, 4.69) is 20.6 Å². The molecule has 5 rings (SSSR count). The maximum atomic E-state index is 12.9. The van der Waals surface area contributed by atoms with Gasteiger partial charge in [0.15, 0.2) is 0 Å². The van der Waals surface area contributed by atoms with E-state index < -0.39 is 11.0 Å². The molecular weight excluding hydrogens is 422 g/mol. The monoisotopic (exact) mass is 449 g/mol. The number of nitrogens with zero attached hydrogens (tertiary/aromatic N) is 3. The minimum absolute atomic E-state index is 0.0633. The van der Waals surface area contributed by atoms with Crippen LogP contribution < -0.4 is 10.6 Å². The zero-order valence-electron chi connectivity index (χ0n) is 19.0. The van der Waals surface area contributed by atoms with Crippen LogP contribution in [-0.4, -0.2) is 57.5 Å². The highest BCUT2D eigenvalue weighted by atomic mass is 16.6. The van der Waals surface area contributed by atoms with Gasteiger partial charge in [-0.25, -0.2) is 9.78 Å². The molecule has 1 saturated heterocycles. The maximum Gasteiger partial charge on any atom is 0.410 e. The highest BCUT2D eigenvalue weighted by Crippen LogP contribution is 2.46. The lowest BCUT2D eigenvalue weighted by molar-refractivity contribution is -0.120. The summed E-state index contributed by atoms with van der Waals surface area (Å²) >= 11 is 0. The van der Waals surface area contributed by atoms with E-state index in [0.29, 0.717) is 43.9 Å². The fraction of sp³-hybridized carbons (Fsp3) is 0.458. The molecule has 3 amide bonds. The number of amides is 3. The highest BCUT2D eigenvalue weighted by Gasteiger charge is 2.51. The number of nitrogens with one attached hydrogen (secondary N) is 2. The Bertz CT molecular complexity index is 1160. The number of fused-ring (bicyclic) bond motifs is 3. The van der Waals surface area contributed by atoms with Crippen molar-refractivity contribution in [2.24, 2.45) is 0 Å². The molecule has 1 spiro atoms. The Labute approximate surface area is 191 Å². The summed E-state index contributed by atoms with van der Waals surface area (Å²) in [4.78, 5) is 48.3. The first-order chi connectivity index (χ1) is 15.6. The molecule has 4 heterocycles. The number of hydrogen-bond acceptors (Lipinski definition) is 6. The number of anilines is 1. The molecule has 1 fully saturated rings. The van der Waals surface area contributed by atoms with Crippen molar-refractivity contribution < 1.29 is 19.1 Å². The van der Waals surface area contributed by atoms with Crippen LogP contribution in [0, 0.1) is 0 Å². The third-order valence-corrected chi connectivity index (χ3v) is 6.46. The van der Waals surface area contributed by atoms with Crippen molar-refractivity contribution >= 4 is 23.7 Å². The van der Waals surface area contributed by atoms with Crippen LogP contribution in [-0.2, 0) is 27.8 Å². The van der Waals surface area contributed by atoms with Gasteiger partial charge in [0.2, 0.25) is 5.91 Å². The molecule has 9 nitrogen and oxygen atoms in total. The highest BCUT2D eigenvalue weighted by molar-refractivity contribution is 6.06. The Morgan fingerprint density at radius 1 is 1.24 bits per heavy atom. The van der Waals surface area contributed by atoms with Crippen LogP contribution in [0.2, 0.25) is 0 Å². The Kier molecular flexibility index (Phi) is 4.88. The first-order valence-corrected chi connectivity index (χ1v) is 11.2. The van der Waals surface area contributed by atoms with Crippen molar-refractivity contribution in [3.05, 3.63) is 53.0 Å². The lowest BCUT2D eigenvalue weighted by Crippen LogP contribution is -2.40. The average molecular weight is 450 g/mol. The number of hydrogen-bond donors (Lipinski definition) is 2. The smallest absolute Gasteiger partial charge is 0.410 e. The van der Waals surface area contributed by atoms with E-state index in [0.717, 1.165) is 16.7 Å². The van der Waals surface area contributed by atoms with Gasteiger partial charge < -0.3 is 20.3 Å². The summed E-state index contributed by atoms with van der Waals surface area (Å²) in [5, 5.41) is 5.87. The molecule has 9 heteroatoms. The van der Waals surface area contributed by atoms with Crippen molar-refractivity contribution in [3.8, 4) is 0 Å². The molecule has 0 aromatic carbocycles. The topological polar surface area (TPSA) is 114 Å². The first kappa shape index (κ1) is 21.4. The molecule has 2 aliphatic heterocycles. The molecular formula is C24H27N5O4. The van der Waals surface area contributed by atoms with E-state index in [-0.39, 0.29) is 23.9 Å². The lowest BCUT2D eigenvalue weighted by atomic mass is 9.79. The predicted octanol–water partition coefficient (Wildman–Crippen LogP) is 2.20. The SMILES string of the molecule is CC(C)(C)OC(=O)N1CCC(NC(=O)c2cc3c(cn2)CC2(C3)C(=O)Nc3ncccc32)C1. The fourth-order valence-corrected chi connectivity index (χ4v) is 4.91. The average Bonchev–Trinajstić information content (AvgIpc) is 3.43. The minimum Gasteiger partial charge on any atom is -0.444 e. The number of ether oxygens (including phenoxy) is 1. The molecule has 2 unspecified atom stereocenters. The quantitative estimate of drug-likeness (QED) is 0.727. The lowest BCUT2D eigenvalue weighted by Gasteiger charge is -2.24. The van der Waals surface area contributed by atoms with Crippen LogP contribution in [0.4, 0.5) is 10.6 Å². The summed E-state index contributed by atoms with van der Waals surface area (Å²) in [6, 6.07) is 5.39. The molecule has 2 aromatic heterocycles.